The molecule has 2 rings (SSSR count). The molecule has 0 aliphatic carbocycles. The van der Waals surface area contributed by atoms with Crippen LogP contribution >= 0.6 is 0 Å². The Hall–Kier alpha value is -2.30. The van der Waals surface area contributed by atoms with Gasteiger partial charge in [-0.15, -0.1) is 0 Å². The number of hydrogen-bond acceptors (Lipinski definition) is 2. The average Bonchev–Trinajstić information content (AvgIpc) is 2.97. The lowest BCUT2D eigenvalue weighted by atomic mass is 10.1. The van der Waals surface area contributed by atoms with Crippen molar-refractivity contribution < 1.29 is 9.59 Å². The van der Waals surface area contributed by atoms with Crippen LogP contribution in [0.3, 0.4) is 0 Å². The molecule has 0 radical (unpaired) electrons. The summed E-state index contributed by atoms with van der Waals surface area (Å²) in [5.41, 5.74) is 3.51. The van der Waals surface area contributed by atoms with Crippen LogP contribution in [0, 0.1) is 0 Å². The van der Waals surface area contributed by atoms with Gasteiger partial charge in [0.1, 0.15) is 0 Å². The van der Waals surface area contributed by atoms with E-state index < -0.39 is 0 Å². The van der Waals surface area contributed by atoms with E-state index in [0.29, 0.717) is 19.5 Å². The monoisotopic (exact) mass is 343 g/mol. The summed E-state index contributed by atoms with van der Waals surface area (Å²) in [6.07, 6.45) is 7.47. The molecule has 5 heteroatoms. The van der Waals surface area contributed by atoms with E-state index in [1.54, 1.807) is 0 Å². The minimum atomic E-state index is -0.00444. The molecule has 2 aromatic rings. The van der Waals surface area contributed by atoms with Gasteiger partial charge in [0.25, 0.3) is 0 Å². The number of H-pyrrole nitrogens is 1. The number of fused-ring (bicyclic) bond motifs is 1. The SMILES string of the molecule is CCCCCC(=O)NCCc1ccc2[nH]cc(CCNC(C)=O)c2c1. The highest BCUT2D eigenvalue weighted by molar-refractivity contribution is 5.84. The van der Waals surface area contributed by atoms with Crippen LogP contribution in [0.1, 0.15) is 50.7 Å². The van der Waals surface area contributed by atoms with Crippen molar-refractivity contribution in [2.45, 2.75) is 52.4 Å². The molecule has 2 amide bonds. The Balaban J connectivity index is 1.87. The molecule has 1 aromatic heterocycles. The van der Waals surface area contributed by atoms with E-state index >= 15 is 0 Å². The Morgan fingerprint density at radius 3 is 2.64 bits per heavy atom. The normalized spacial score (nSPS) is 10.8. The molecule has 0 saturated heterocycles. The largest absolute Gasteiger partial charge is 0.361 e. The summed E-state index contributed by atoms with van der Waals surface area (Å²) in [6.45, 7) is 4.98. The van der Waals surface area contributed by atoms with Crippen molar-refractivity contribution in [1.29, 1.82) is 0 Å². The number of nitrogens with one attached hydrogen (secondary N) is 3. The highest BCUT2D eigenvalue weighted by atomic mass is 16.2. The van der Waals surface area contributed by atoms with Crippen LogP contribution in [0.5, 0.6) is 0 Å². The fourth-order valence-electron chi connectivity index (χ4n) is 2.93. The molecule has 0 atom stereocenters. The highest BCUT2D eigenvalue weighted by Gasteiger charge is 2.06. The van der Waals surface area contributed by atoms with Gasteiger partial charge in [-0.3, -0.25) is 9.59 Å². The molecule has 0 bridgehead atoms. The molecule has 0 saturated carbocycles. The van der Waals surface area contributed by atoms with E-state index in [2.05, 4.69) is 40.7 Å². The third-order valence-electron chi connectivity index (χ3n) is 4.34. The molecular weight excluding hydrogens is 314 g/mol. The summed E-state index contributed by atoms with van der Waals surface area (Å²) in [5, 5.41) is 7.02. The van der Waals surface area contributed by atoms with Gasteiger partial charge < -0.3 is 15.6 Å². The van der Waals surface area contributed by atoms with Gasteiger partial charge in [0, 0.05) is 43.5 Å². The quantitative estimate of drug-likeness (QED) is 0.580. The van der Waals surface area contributed by atoms with E-state index in [0.717, 1.165) is 37.6 Å². The number of hydrogen-bond donors (Lipinski definition) is 3. The van der Waals surface area contributed by atoms with E-state index in [-0.39, 0.29) is 11.8 Å². The molecule has 0 unspecified atom stereocenters. The number of amides is 2. The Labute approximate surface area is 149 Å². The summed E-state index contributed by atoms with van der Waals surface area (Å²) in [5.74, 6) is 0.141. The molecular formula is C20H29N3O2. The number of carbonyl (C=O) groups excluding carboxylic acids is 2. The van der Waals surface area contributed by atoms with Crippen molar-refractivity contribution in [3.8, 4) is 0 Å². The maximum absolute atomic E-state index is 11.8. The zero-order valence-electron chi connectivity index (χ0n) is 15.3. The number of rotatable bonds is 10. The van der Waals surface area contributed by atoms with Crippen LogP contribution in [-0.4, -0.2) is 29.9 Å². The zero-order chi connectivity index (χ0) is 18.1. The van der Waals surface area contributed by atoms with Crippen molar-refractivity contribution in [3.63, 3.8) is 0 Å². The number of aromatic nitrogens is 1. The summed E-state index contributed by atoms with van der Waals surface area (Å²) in [6, 6.07) is 6.35. The van der Waals surface area contributed by atoms with Crippen molar-refractivity contribution >= 4 is 22.7 Å². The van der Waals surface area contributed by atoms with Crippen LogP contribution < -0.4 is 10.6 Å². The Morgan fingerprint density at radius 2 is 1.88 bits per heavy atom. The Bertz CT molecular complexity index is 706. The number of carbonyl (C=O) groups is 2. The molecule has 0 fully saturated rings. The summed E-state index contributed by atoms with van der Waals surface area (Å²) < 4.78 is 0. The van der Waals surface area contributed by atoms with E-state index in [9.17, 15) is 9.59 Å². The fraction of sp³-hybridized carbons (Fsp3) is 0.500. The van der Waals surface area contributed by atoms with Crippen LogP contribution in [0.25, 0.3) is 10.9 Å². The molecule has 0 spiro atoms. The Morgan fingerprint density at radius 1 is 1.08 bits per heavy atom. The summed E-state index contributed by atoms with van der Waals surface area (Å²) >= 11 is 0. The molecule has 0 aliphatic heterocycles. The fourth-order valence-corrected chi connectivity index (χ4v) is 2.93. The maximum atomic E-state index is 11.8. The highest BCUT2D eigenvalue weighted by Crippen LogP contribution is 2.20. The lowest BCUT2D eigenvalue weighted by molar-refractivity contribution is -0.121. The van der Waals surface area contributed by atoms with Gasteiger partial charge in [0.2, 0.25) is 11.8 Å². The van der Waals surface area contributed by atoms with Crippen molar-refractivity contribution in [3.05, 3.63) is 35.5 Å². The van der Waals surface area contributed by atoms with Crippen LogP contribution in [-0.2, 0) is 22.4 Å². The van der Waals surface area contributed by atoms with E-state index in [1.807, 2.05) is 6.20 Å². The van der Waals surface area contributed by atoms with E-state index in [1.165, 1.54) is 23.4 Å². The first-order chi connectivity index (χ1) is 12.1. The smallest absolute Gasteiger partial charge is 0.220 e. The predicted molar refractivity (Wildman–Crippen MR) is 102 cm³/mol. The summed E-state index contributed by atoms with van der Waals surface area (Å²) in [7, 11) is 0. The first-order valence-electron chi connectivity index (χ1n) is 9.20. The first kappa shape index (κ1) is 19.0. The van der Waals surface area contributed by atoms with Crippen molar-refractivity contribution in [2.75, 3.05) is 13.1 Å². The number of aromatic amines is 1. The molecule has 3 N–H and O–H groups in total. The number of unbranched alkanes of at least 4 members (excludes halogenated alkanes) is 2. The topological polar surface area (TPSA) is 74.0 Å². The predicted octanol–water partition coefficient (Wildman–Crippen LogP) is 3.09. The van der Waals surface area contributed by atoms with Gasteiger partial charge in [-0.2, -0.15) is 0 Å². The molecule has 25 heavy (non-hydrogen) atoms. The van der Waals surface area contributed by atoms with Crippen molar-refractivity contribution in [1.82, 2.24) is 15.6 Å². The van der Waals surface area contributed by atoms with Gasteiger partial charge >= 0.3 is 0 Å². The Kier molecular flexibility index (Phi) is 7.51. The molecule has 1 aromatic carbocycles. The lowest BCUT2D eigenvalue weighted by Crippen LogP contribution is -2.25. The first-order valence-corrected chi connectivity index (χ1v) is 9.20. The minimum Gasteiger partial charge on any atom is -0.361 e. The molecule has 0 aliphatic rings. The van der Waals surface area contributed by atoms with Gasteiger partial charge in [0.15, 0.2) is 0 Å². The zero-order valence-corrected chi connectivity index (χ0v) is 15.3. The second kappa shape index (κ2) is 9.87. The van der Waals surface area contributed by atoms with Gasteiger partial charge in [-0.05, 0) is 42.5 Å². The molecule has 136 valence electrons. The average molecular weight is 343 g/mol. The maximum Gasteiger partial charge on any atom is 0.220 e. The van der Waals surface area contributed by atoms with Crippen molar-refractivity contribution in [2.24, 2.45) is 0 Å². The standard InChI is InChI=1S/C20H29N3O2/c1-3-4-5-6-20(25)22-11-9-16-7-8-19-18(13-16)17(14-23-19)10-12-21-15(2)24/h7-8,13-14,23H,3-6,9-12H2,1-2H3,(H,21,24)(H,22,25). The van der Waals surface area contributed by atoms with Gasteiger partial charge in [-0.25, -0.2) is 0 Å². The van der Waals surface area contributed by atoms with Crippen LogP contribution in [0.2, 0.25) is 0 Å². The van der Waals surface area contributed by atoms with Gasteiger partial charge in [0.05, 0.1) is 0 Å². The third-order valence-corrected chi connectivity index (χ3v) is 4.34. The van der Waals surface area contributed by atoms with Crippen LogP contribution in [0.15, 0.2) is 24.4 Å². The molecule has 5 nitrogen and oxygen atoms in total. The van der Waals surface area contributed by atoms with Crippen LogP contribution in [0.4, 0.5) is 0 Å². The summed E-state index contributed by atoms with van der Waals surface area (Å²) in [4.78, 5) is 26.0. The second-order valence-electron chi connectivity index (χ2n) is 6.48. The second-order valence-corrected chi connectivity index (χ2v) is 6.48. The number of benzene rings is 1. The van der Waals surface area contributed by atoms with E-state index in [4.69, 9.17) is 0 Å². The third kappa shape index (κ3) is 6.25. The van der Waals surface area contributed by atoms with Gasteiger partial charge in [-0.1, -0.05) is 25.8 Å². The lowest BCUT2D eigenvalue weighted by Gasteiger charge is -2.06. The molecule has 1 heterocycles. The minimum absolute atomic E-state index is 0.00444.